The van der Waals surface area contributed by atoms with Crippen LogP contribution in [0.2, 0.25) is 6.34 Å². The van der Waals surface area contributed by atoms with Crippen LogP contribution < -0.4 is 24.8 Å². The second-order valence-corrected chi connectivity index (χ2v) is 15.9. The van der Waals surface area contributed by atoms with Gasteiger partial charge in [-0.3, -0.25) is 0 Å². The first-order valence-electron chi connectivity index (χ1n) is 11.7. The van der Waals surface area contributed by atoms with Gasteiger partial charge in [-0.15, -0.1) is 0 Å². The van der Waals surface area contributed by atoms with Gasteiger partial charge in [0.15, 0.2) is 0 Å². The summed E-state index contributed by atoms with van der Waals surface area (Å²) in [5.41, 5.74) is 3.62. The molecule has 0 heterocycles. The Bertz CT molecular complexity index is 525. The summed E-state index contributed by atoms with van der Waals surface area (Å²) in [5, 5.41) is 0. The van der Waals surface area contributed by atoms with Gasteiger partial charge in [0.1, 0.15) is 0 Å². The molecule has 2 aliphatic carbocycles. The van der Waals surface area contributed by atoms with E-state index in [9.17, 15) is 0 Å². The molecule has 0 nitrogen and oxygen atoms in total. The van der Waals surface area contributed by atoms with Crippen LogP contribution in [0, 0.1) is 0 Å². The average Bonchev–Trinajstić information content (AvgIpc) is 3.26. The predicted octanol–water partition coefficient (Wildman–Crippen LogP) is 3.15. The molecule has 0 aromatic heterocycles. The molecule has 0 saturated heterocycles. The number of rotatable bonds is 14. The molecule has 0 spiro atoms. The fourth-order valence-electron chi connectivity index (χ4n) is 4.68. The van der Waals surface area contributed by atoms with E-state index in [1.54, 1.807) is 0 Å². The summed E-state index contributed by atoms with van der Waals surface area (Å²) in [7, 11) is 0. The fourth-order valence-corrected chi connectivity index (χ4v) is 13.7. The Hall–Kier alpha value is 0.410. The van der Waals surface area contributed by atoms with E-state index in [-0.39, 0.29) is 24.8 Å². The van der Waals surface area contributed by atoms with Gasteiger partial charge in [-0.05, 0) is 0 Å². The van der Waals surface area contributed by atoms with Crippen molar-refractivity contribution in [1.82, 2.24) is 0 Å². The fraction of sp³-hybridized carbons (Fsp3) is 0.692. The van der Waals surface area contributed by atoms with Crippen molar-refractivity contribution in [3.63, 3.8) is 0 Å². The first kappa shape index (κ1) is 29.4. The van der Waals surface area contributed by atoms with Crippen molar-refractivity contribution >= 4 is 0 Å². The van der Waals surface area contributed by atoms with Crippen LogP contribution in [-0.4, -0.2) is 0 Å². The van der Waals surface area contributed by atoms with Crippen molar-refractivity contribution in [2.75, 3.05) is 0 Å². The number of allylic oxidation sites excluding steroid dienone is 8. The molecule has 0 N–H and O–H groups in total. The van der Waals surface area contributed by atoms with Crippen molar-refractivity contribution in [3.8, 4) is 0 Å². The third-order valence-electron chi connectivity index (χ3n) is 6.40. The zero-order valence-corrected chi connectivity index (χ0v) is 24.3. The van der Waals surface area contributed by atoms with Crippen LogP contribution in [0.15, 0.2) is 47.6 Å². The van der Waals surface area contributed by atoms with Crippen molar-refractivity contribution < 1.29 is 47.7 Å². The van der Waals surface area contributed by atoms with E-state index in [2.05, 4.69) is 64.2 Å². The van der Waals surface area contributed by atoms with Gasteiger partial charge in [0, 0.05) is 0 Å². The van der Waals surface area contributed by atoms with Crippen LogP contribution in [0.1, 0.15) is 105 Å². The molecule has 2 aliphatic rings. The first-order chi connectivity index (χ1) is 13.2. The number of halogens is 2. The molecule has 0 aliphatic heterocycles. The van der Waals surface area contributed by atoms with E-state index in [4.69, 9.17) is 0 Å². The van der Waals surface area contributed by atoms with Gasteiger partial charge in [0.05, 0.1) is 0 Å². The van der Waals surface area contributed by atoms with E-state index in [0.29, 0.717) is 6.34 Å². The van der Waals surface area contributed by atoms with Crippen molar-refractivity contribution in [2.45, 2.75) is 111 Å². The van der Waals surface area contributed by atoms with Crippen LogP contribution in [0.4, 0.5) is 0 Å². The molecule has 2 unspecified atom stereocenters. The number of unbranched alkanes of at least 4 members (excludes halogenated alkanes) is 4. The normalized spacial score (nSPS) is 24.6. The van der Waals surface area contributed by atoms with E-state index < -0.39 is 22.9 Å². The quantitative estimate of drug-likeness (QED) is 0.268. The molecule has 3 heteroatoms. The van der Waals surface area contributed by atoms with Crippen molar-refractivity contribution in [3.05, 3.63) is 47.6 Å². The number of hydrogen-bond donors (Lipinski definition) is 0. The zero-order valence-electron chi connectivity index (χ0n) is 19.2. The summed E-state index contributed by atoms with van der Waals surface area (Å²) in [6.45, 7) is 9.41. The zero-order chi connectivity index (χ0) is 19.6. The van der Waals surface area contributed by atoms with Gasteiger partial charge in [0.25, 0.3) is 0 Å². The van der Waals surface area contributed by atoms with Gasteiger partial charge in [-0.25, -0.2) is 0 Å². The Morgan fingerprint density at radius 3 is 1.34 bits per heavy atom. The SMILES string of the molecule is CCCCC1=CC=C[C]1(CCCC)[Hf+2][C]1(CCCC)C=CC=C1CCCC.[Cl-].[Cl-]. The van der Waals surface area contributed by atoms with Crippen LogP contribution in [0.25, 0.3) is 0 Å². The molecule has 2 rings (SSSR count). The van der Waals surface area contributed by atoms with Gasteiger partial charge in [-0.1, -0.05) is 0 Å². The second kappa shape index (κ2) is 15.3. The minimum atomic E-state index is -1.01. The Kier molecular flexibility index (Phi) is 15.5. The van der Waals surface area contributed by atoms with Crippen molar-refractivity contribution in [1.29, 1.82) is 0 Å². The molecule has 0 bridgehead atoms. The maximum Gasteiger partial charge on any atom is -1.00 e. The third-order valence-corrected chi connectivity index (χ3v) is 14.9. The monoisotopic (exact) mass is 604 g/mol. The maximum atomic E-state index is 2.67. The van der Waals surface area contributed by atoms with Crippen molar-refractivity contribution in [2.24, 2.45) is 0 Å². The van der Waals surface area contributed by atoms with E-state index >= 15 is 0 Å². The van der Waals surface area contributed by atoms with Gasteiger partial charge in [0.2, 0.25) is 0 Å². The van der Waals surface area contributed by atoms with Crippen LogP contribution in [-0.2, 0) is 22.9 Å². The molecule has 0 aromatic carbocycles. The minimum absolute atomic E-state index is 0. The predicted molar refractivity (Wildman–Crippen MR) is 118 cm³/mol. The summed E-state index contributed by atoms with van der Waals surface area (Å²) in [6.07, 6.45) is 31.5. The standard InChI is InChI=1S/2C13H21.2ClH.Hf/c2*1-3-5-8-12-10-7-11-13(12)9-6-4-2;;;/h2*7,10-11H,3-6,8-9H2,1-2H3;2*1H;/q;;;;+2/p-2. The molecule has 0 amide bonds. The molecule has 29 heavy (non-hydrogen) atoms. The van der Waals surface area contributed by atoms with Gasteiger partial charge in [-0.2, -0.15) is 0 Å². The summed E-state index contributed by atoms with van der Waals surface area (Å²) < 4.78 is 0.998. The maximum absolute atomic E-state index is 2.67. The minimum Gasteiger partial charge on any atom is -1.00 e. The Labute approximate surface area is 205 Å². The van der Waals surface area contributed by atoms with Gasteiger partial charge < -0.3 is 24.8 Å². The molecule has 0 radical (unpaired) electrons. The summed E-state index contributed by atoms with van der Waals surface area (Å²) >= 11 is -1.01. The smallest absolute Gasteiger partial charge is 1.00 e. The van der Waals surface area contributed by atoms with Gasteiger partial charge >= 0.3 is 182 Å². The Morgan fingerprint density at radius 1 is 0.621 bits per heavy atom. The van der Waals surface area contributed by atoms with Crippen LogP contribution >= 0.6 is 0 Å². The van der Waals surface area contributed by atoms with E-state index in [0.717, 1.165) is 0 Å². The Morgan fingerprint density at radius 2 is 1.00 bits per heavy atom. The summed E-state index contributed by atoms with van der Waals surface area (Å²) in [5.74, 6) is 0. The average molecular weight is 604 g/mol. The topological polar surface area (TPSA) is 0 Å². The molecule has 0 aromatic rings. The molecular weight excluding hydrogens is 562 g/mol. The van der Waals surface area contributed by atoms with Crippen LogP contribution in [0.5, 0.6) is 0 Å². The first-order valence-corrected chi connectivity index (χ1v) is 15.3. The molecular formula is C26H42Cl2Hf. The molecule has 164 valence electrons. The molecule has 0 saturated carbocycles. The third kappa shape index (κ3) is 7.80. The van der Waals surface area contributed by atoms with Crippen LogP contribution in [0.3, 0.4) is 0 Å². The number of hydrogen-bond acceptors (Lipinski definition) is 0. The second-order valence-electron chi connectivity index (χ2n) is 8.58. The summed E-state index contributed by atoms with van der Waals surface area (Å²) in [4.78, 5) is 0. The largest absolute Gasteiger partial charge is 1.00 e. The van der Waals surface area contributed by atoms with E-state index in [1.165, 1.54) is 77.0 Å². The summed E-state index contributed by atoms with van der Waals surface area (Å²) in [6, 6.07) is 0. The molecule has 0 fully saturated rings. The van der Waals surface area contributed by atoms with E-state index in [1.807, 2.05) is 11.1 Å². The molecule has 2 atom stereocenters. The Balaban J connectivity index is 0.00000392.